The Morgan fingerprint density at radius 3 is 2.17 bits per heavy atom. The highest BCUT2D eigenvalue weighted by Gasteiger charge is 2.30. The van der Waals surface area contributed by atoms with Crippen LogP contribution in [0.3, 0.4) is 0 Å². The molecule has 0 radical (unpaired) electrons. The normalized spacial score (nSPS) is 12.1. The minimum Gasteiger partial charge on any atom is -0.357 e. The average Bonchev–Trinajstić information content (AvgIpc) is 2.90. The van der Waals surface area contributed by atoms with Crippen molar-refractivity contribution in [3.05, 3.63) is 97.9 Å². The number of carbonyl (C=O) groups is 2. The smallest absolute Gasteiger partial charge is 0.242 e. The number of hydrogen-bond acceptors (Lipinski definition) is 4. The first-order chi connectivity index (χ1) is 18.9. The summed E-state index contributed by atoms with van der Waals surface area (Å²) in [6, 6.07) is 18.0. The standard InChI is InChI=1S/C28H29Cl4N3O4S/c1-33-28(37)26(15-19-7-4-3-5-8-19)34(18-20-10-11-21(29)16-24(20)32)27(36)9-6-14-35(40(2,38)39)25-17-22(30)12-13-23(25)31/h3-5,7-8,10-13,16-17,26H,6,9,14-15,18H2,1-2H3,(H,33,37)/t26-/m0/s1. The second-order valence-electron chi connectivity index (χ2n) is 9.11. The summed E-state index contributed by atoms with van der Waals surface area (Å²) in [5.41, 5.74) is 1.71. The van der Waals surface area contributed by atoms with Gasteiger partial charge in [-0.25, -0.2) is 8.42 Å². The molecule has 40 heavy (non-hydrogen) atoms. The van der Waals surface area contributed by atoms with Gasteiger partial charge in [-0.15, -0.1) is 0 Å². The first kappa shape index (κ1) is 32.0. The number of nitrogens with one attached hydrogen (secondary N) is 1. The molecular weight excluding hydrogens is 616 g/mol. The van der Waals surface area contributed by atoms with Gasteiger partial charge in [-0.3, -0.25) is 13.9 Å². The van der Waals surface area contributed by atoms with Crippen LogP contribution in [0.4, 0.5) is 5.69 Å². The summed E-state index contributed by atoms with van der Waals surface area (Å²) >= 11 is 24.8. The predicted octanol–water partition coefficient (Wildman–Crippen LogP) is 6.23. The molecule has 0 saturated carbocycles. The van der Waals surface area contributed by atoms with Crippen LogP contribution in [0.25, 0.3) is 0 Å². The van der Waals surface area contributed by atoms with E-state index >= 15 is 0 Å². The Bertz CT molecular complexity index is 1460. The molecule has 7 nitrogen and oxygen atoms in total. The van der Waals surface area contributed by atoms with Gasteiger partial charge in [0.2, 0.25) is 21.8 Å². The zero-order valence-corrected chi connectivity index (χ0v) is 25.8. The van der Waals surface area contributed by atoms with Crippen LogP contribution in [0, 0.1) is 0 Å². The van der Waals surface area contributed by atoms with Crippen molar-refractivity contribution in [1.82, 2.24) is 10.2 Å². The predicted molar refractivity (Wildman–Crippen MR) is 163 cm³/mol. The maximum atomic E-state index is 13.7. The second kappa shape index (κ2) is 14.4. The molecule has 1 N–H and O–H groups in total. The number of nitrogens with zero attached hydrogens (tertiary/aromatic N) is 2. The number of rotatable bonds is 12. The van der Waals surface area contributed by atoms with Crippen molar-refractivity contribution >= 4 is 73.9 Å². The summed E-state index contributed by atoms with van der Waals surface area (Å²) in [5, 5.41) is 3.99. The van der Waals surface area contributed by atoms with Gasteiger partial charge in [0.15, 0.2) is 0 Å². The molecule has 3 aromatic rings. The van der Waals surface area contributed by atoms with Crippen LogP contribution in [0.2, 0.25) is 20.1 Å². The lowest BCUT2D eigenvalue weighted by molar-refractivity contribution is -0.141. The van der Waals surface area contributed by atoms with Gasteiger partial charge < -0.3 is 10.2 Å². The number of benzene rings is 3. The third-order valence-corrected chi connectivity index (χ3v) is 8.52. The van der Waals surface area contributed by atoms with Crippen LogP contribution < -0.4 is 9.62 Å². The Labute approximate surface area is 255 Å². The Morgan fingerprint density at radius 1 is 0.900 bits per heavy atom. The molecule has 0 bridgehead atoms. The first-order valence-electron chi connectivity index (χ1n) is 12.3. The molecular formula is C28H29Cl4N3O4S. The molecule has 0 spiro atoms. The molecule has 12 heteroatoms. The quantitative estimate of drug-likeness (QED) is 0.253. The van der Waals surface area contributed by atoms with Crippen molar-refractivity contribution in [2.75, 3.05) is 24.2 Å². The summed E-state index contributed by atoms with van der Waals surface area (Å²) in [4.78, 5) is 28.3. The monoisotopic (exact) mass is 643 g/mol. The Balaban J connectivity index is 1.89. The average molecular weight is 645 g/mol. The van der Waals surface area contributed by atoms with Crippen molar-refractivity contribution < 1.29 is 18.0 Å². The molecule has 0 saturated heterocycles. The third kappa shape index (κ3) is 8.75. The van der Waals surface area contributed by atoms with E-state index in [0.29, 0.717) is 20.6 Å². The summed E-state index contributed by atoms with van der Waals surface area (Å²) < 4.78 is 26.3. The molecule has 214 valence electrons. The molecule has 0 fully saturated rings. The zero-order chi connectivity index (χ0) is 29.4. The van der Waals surface area contributed by atoms with E-state index in [2.05, 4.69) is 5.32 Å². The van der Waals surface area contributed by atoms with Gasteiger partial charge in [0.05, 0.1) is 17.0 Å². The number of sulfonamides is 1. The number of hydrogen-bond donors (Lipinski definition) is 1. The van der Waals surface area contributed by atoms with Crippen molar-refractivity contribution in [3.8, 4) is 0 Å². The maximum absolute atomic E-state index is 13.7. The van der Waals surface area contributed by atoms with Gasteiger partial charge in [-0.05, 0) is 47.9 Å². The van der Waals surface area contributed by atoms with Crippen molar-refractivity contribution in [3.63, 3.8) is 0 Å². The lowest BCUT2D eigenvalue weighted by atomic mass is 10.0. The van der Waals surface area contributed by atoms with Gasteiger partial charge in [0.1, 0.15) is 6.04 Å². The van der Waals surface area contributed by atoms with E-state index in [1.165, 1.54) is 24.1 Å². The highest BCUT2D eigenvalue weighted by atomic mass is 35.5. The molecule has 2 amide bonds. The van der Waals surface area contributed by atoms with E-state index in [9.17, 15) is 18.0 Å². The van der Waals surface area contributed by atoms with E-state index in [1.807, 2.05) is 30.3 Å². The SMILES string of the molecule is CNC(=O)[C@H](Cc1ccccc1)N(Cc1ccc(Cl)cc1Cl)C(=O)CCCN(c1cc(Cl)ccc1Cl)S(C)(=O)=O. The topological polar surface area (TPSA) is 86.8 Å². The molecule has 0 aliphatic carbocycles. The van der Waals surface area contributed by atoms with Gasteiger partial charge in [-0.1, -0.05) is 82.8 Å². The van der Waals surface area contributed by atoms with Crippen LogP contribution in [-0.2, 0) is 32.6 Å². The van der Waals surface area contributed by atoms with Gasteiger partial charge >= 0.3 is 0 Å². The molecule has 1 atom stereocenters. The number of anilines is 1. The second-order valence-corrected chi connectivity index (χ2v) is 12.7. The van der Waals surface area contributed by atoms with E-state index in [4.69, 9.17) is 46.4 Å². The van der Waals surface area contributed by atoms with Gasteiger partial charge in [0, 0.05) is 48.0 Å². The lowest BCUT2D eigenvalue weighted by Gasteiger charge is -2.32. The Morgan fingerprint density at radius 2 is 1.55 bits per heavy atom. The number of amides is 2. The van der Waals surface area contributed by atoms with Crippen LogP contribution >= 0.6 is 46.4 Å². The third-order valence-electron chi connectivity index (χ3n) is 6.20. The fraction of sp³-hybridized carbons (Fsp3) is 0.286. The van der Waals surface area contributed by atoms with Crippen molar-refractivity contribution in [1.29, 1.82) is 0 Å². The Hall–Kier alpha value is -2.49. The molecule has 0 aliphatic heterocycles. The first-order valence-corrected chi connectivity index (χ1v) is 15.7. The summed E-state index contributed by atoms with van der Waals surface area (Å²) in [6.45, 7) is 0.0270. The van der Waals surface area contributed by atoms with E-state index < -0.39 is 16.1 Å². The lowest BCUT2D eigenvalue weighted by Crippen LogP contribution is -2.49. The zero-order valence-electron chi connectivity index (χ0n) is 21.9. The fourth-order valence-corrected chi connectivity index (χ4v) is 6.09. The molecule has 0 heterocycles. The number of carbonyl (C=O) groups excluding carboxylic acids is 2. The van der Waals surface area contributed by atoms with Crippen molar-refractivity contribution in [2.24, 2.45) is 0 Å². The minimum absolute atomic E-state index is 0.0243. The fourth-order valence-electron chi connectivity index (χ4n) is 4.21. The Kier molecular flexibility index (Phi) is 11.5. The molecule has 0 aliphatic rings. The molecule has 0 unspecified atom stereocenters. The highest BCUT2D eigenvalue weighted by Crippen LogP contribution is 2.31. The van der Waals surface area contributed by atoms with Crippen LogP contribution in [-0.4, -0.2) is 51.0 Å². The molecule has 3 rings (SSSR count). The van der Waals surface area contributed by atoms with E-state index in [1.54, 1.807) is 24.3 Å². The van der Waals surface area contributed by atoms with Crippen LogP contribution in [0.5, 0.6) is 0 Å². The summed E-state index contributed by atoms with van der Waals surface area (Å²) in [7, 11) is -2.23. The number of likely N-dealkylation sites (N-methyl/N-ethyl adjacent to an activating group) is 1. The maximum Gasteiger partial charge on any atom is 0.242 e. The highest BCUT2D eigenvalue weighted by molar-refractivity contribution is 7.92. The van der Waals surface area contributed by atoms with Gasteiger partial charge in [0.25, 0.3) is 0 Å². The van der Waals surface area contributed by atoms with Gasteiger partial charge in [-0.2, -0.15) is 0 Å². The molecule has 3 aromatic carbocycles. The van der Waals surface area contributed by atoms with E-state index in [-0.39, 0.29) is 54.9 Å². The van der Waals surface area contributed by atoms with Crippen LogP contribution in [0.15, 0.2) is 66.7 Å². The van der Waals surface area contributed by atoms with Crippen molar-refractivity contribution in [2.45, 2.75) is 31.8 Å². The molecule has 0 aromatic heterocycles. The minimum atomic E-state index is -3.74. The van der Waals surface area contributed by atoms with Crippen LogP contribution in [0.1, 0.15) is 24.0 Å². The number of halogens is 4. The largest absolute Gasteiger partial charge is 0.357 e. The van der Waals surface area contributed by atoms with E-state index in [0.717, 1.165) is 16.1 Å². The summed E-state index contributed by atoms with van der Waals surface area (Å²) in [6.07, 6.45) is 1.44. The summed E-state index contributed by atoms with van der Waals surface area (Å²) in [5.74, 6) is -0.688.